The summed E-state index contributed by atoms with van der Waals surface area (Å²) < 4.78 is 40.1. The molecule has 2 unspecified atom stereocenters. The van der Waals surface area contributed by atoms with E-state index in [4.69, 9.17) is 0 Å². The van der Waals surface area contributed by atoms with E-state index in [2.05, 4.69) is 15.1 Å². The number of para-hydroxylation sites is 1. The summed E-state index contributed by atoms with van der Waals surface area (Å²) in [7, 11) is 0. The Morgan fingerprint density at radius 3 is 2.47 bits per heavy atom. The molecular weight excluding hydrogens is 415 g/mol. The lowest BCUT2D eigenvalue weighted by Crippen LogP contribution is -2.61. The van der Waals surface area contributed by atoms with Crippen LogP contribution in [0.5, 0.6) is 0 Å². The maximum Gasteiger partial charge on any atom is 0.416 e. The Bertz CT molecular complexity index is 972. The van der Waals surface area contributed by atoms with Gasteiger partial charge in [0.05, 0.1) is 17.5 Å². The molecule has 170 valence electrons. The second kappa shape index (κ2) is 8.43. The third kappa shape index (κ3) is 4.10. The Morgan fingerprint density at radius 2 is 1.75 bits per heavy atom. The third-order valence-corrected chi connectivity index (χ3v) is 7.29. The molecule has 1 aliphatic carbocycles. The Morgan fingerprint density at radius 1 is 1.00 bits per heavy atom. The minimum atomic E-state index is -4.39. The van der Waals surface area contributed by atoms with E-state index in [1.54, 1.807) is 6.07 Å². The van der Waals surface area contributed by atoms with Gasteiger partial charge in [-0.05, 0) is 55.2 Å². The van der Waals surface area contributed by atoms with Crippen LogP contribution in [0, 0.1) is 5.92 Å². The molecule has 0 aromatic heterocycles. The highest BCUT2D eigenvalue weighted by molar-refractivity contribution is 5.94. The zero-order valence-corrected chi connectivity index (χ0v) is 17.9. The van der Waals surface area contributed by atoms with Crippen molar-refractivity contribution in [2.45, 2.75) is 50.4 Å². The van der Waals surface area contributed by atoms with Crippen molar-refractivity contribution >= 4 is 17.3 Å². The van der Waals surface area contributed by atoms with Gasteiger partial charge in [0.1, 0.15) is 0 Å². The van der Waals surface area contributed by atoms with Gasteiger partial charge in [-0.15, -0.1) is 0 Å². The molecule has 32 heavy (non-hydrogen) atoms. The molecule has 2 aromatic rings. The molecule has 2 heterocycles. The fourth-order valence-corrected chi connectivity index (χ4v) is 5.68. The van der Waals surface area contributed by atoms with E-state index in [-0.39, 0.29) is 11.9 Å². The number of anilines is 2. The van der Waals surface area contributed by atoms with Gasteiger partial charge in [0.15, 0.2) is 0 Å². The maximum atomic E-state index is 13.4. The van der Waals surface area contributed by atoms with Crippen LogP contribution in [0.15, 0.2) is 48.5 Å². The second-order valence-corrected chi connectivity index (χ2v) is 9.20. The van der Waals surface area contributed by atoms with Gasteiger partial charge < -0.3 is 10.2 Å². The minimum Gasteiger partial charge on any atom is -0.365 e. The first-order valence-corrected chi connectivity index (χ1v) is 11.5. The molecule has 0 radical (unpaired) electrons. The molecule has 7 heteroatoms. The lowest BCUT2D eigenvalue weighted by atomic mass is 9.82. The Labute approximate surface area is 186 Å². The molecule has 1 N–H and O–H groups in total. The number of hydrogen-bond donors (Lipinski definition) is 1. The molecule has 4 nitrogen and oxygen atoms in total. The number of hydrogen-bond acceptors (Lipinski definition) is 3. The molecular formula is C25H28F3N3O. The van der Waals surface area contributed by atoms with Crippen molar-refractivity contribution in [1.29, 1.82) is 0 Å². The summed E-state index contributed by atoms with van der Waals surface area (Å²) in [5, 5.41) is 3.00. The Kier molecular flexibility index (Phi) is 5.61. The molecule has 0 bridgehead atoms. The lowest BCUT2D eigenvalue weighted by Gasteiger charge is -2.50. The smallest absolute Gasteiger partial charge is 0.365 e. The number of piperazine rings is 1. The standard InChI is InChI=1S/C25H28F3N3O/c26-25(27,28)18-10-11-22-17(14-18)15-21(24(32)29-19-6-2-1-3-7-19)23-16-30(12-13-31(22)23)20-8-4-5-9-20/h1-3,6-7,10-11,14,20-21,23H,4-5,8-9,12-13,15-16H2,(H,29,32). The van der Waals surface area contributed by atoms with Crippen molar-refractivity contribution < 1.29 is 18.0 Å². The highest BCUT2D eigenvalue weighted by Crippen LogP contribution is 2.40. The van der Waals surface area contributed by atoms with Gasteiger partial charge in [0.25, 0.3) is 0 Å². The van der Waals surface area contributed by atoms with Crippen LogP contribution in [0.2, 0.25) is 0 Å². The van der Waals surface area contributed by atoms with E-state index >= 15 is 0 Å². The molecule has 1 amide bonds. The SMILES string of the molecule is O=C(Nc1ccccc1)C1Cc2cc(C(F)(F)F)ccc2N2CCN(C3CCCC3)CC12. The Balaban J connectivity index is 1.46. The van der Waals surface area contributed by atoms with E-state index in [9.17, 15) is 18.0 Å². The Hall–Kier alpha value is -2.54. The van der Waals surface area contributed by atoms with Crippen molar-refractivity contribution in [3.8, 4) is 0 Å². The van der Waals surface area contributed by atoms with Gasteiger partial charge >= 0.3 is 6.18 Å². The van der Waals surface area contributed by atoms with E-state index in [1.165, 1.54) is 37.8 Å². The van der Waals surface area contributed by atoms with Crippen molar-refractivity contribution in [1.82, 2.24) is 4.90 Å². The van der Waals surface area contributed by atoms with Gasteiger partial charge in [-0.3, -0.25) is 9.69 Å². The van der Waals surface area contributed by atoms with Crippen LogP contribution in [0.3, 0.4) is 0 Å². The highest BCUT2D eigenvalue weighted by Gasteiger charge is 2.44. The second-order valence-electron chi connectivity index (χ2n) is 9.20. The fraction of sp³-hybridized carbons (Fsp3) is 0.480. The number of amides is 1. The van der Waals surface area contributed by atoms with Gasteiger partial charge in [0.2, 0.25) is 5.91 Å². The normalized spacial score (nSPS) is 24.2. The average molecular weight is 444 g/mol. The summed E-state index contributed by atoms with van der Waals surface area (Å²) in [6, 6.07) is 13.8. The van der Waals surface area contributed by atoms with Crippen molar-refractivity contribution in [2.24, 2.45) is 5.92 Å². The molecule has 3 aliphatic rings. The molecule has 1 saturated heterocycles. The zero-order chi connectivity index (χ0) is 22.3. The number of rotatable bonds is 3. The van der Waals surface area contributed by atoms with E-state index < -0.39 is 17.7 Å². The predicted octanol–water partition coefficient (Wildman–Crippen LogP) is 4.95. The van der Waals surface area contributed by atoms with Crippen LogP contribution in [0.4, 0.5) is 24.5 Å². The first kappa shape index (κ1) is 21.3. The summed E-state index contributed by atoms with van der Waals surface area (Å²) in [6.07, 6.45) is 0.803. The number of nitrogens with one attached hydrogen (secondary N) is 1. The van der Waals surface area contributed by atoms with Gasteiger partial charge in [-0.25, -0.2) is 0 Å². The van der Waals surface area contributed by atoms with Crippen molar-refractivity contribution in [3.05, 3.63) is 59.7 Å². The van der Waals surface area contributed by atoms with Gasteiger partial charge in [0, 0.05) is 37.1 Å². The number of carbonyl (C=O) groups is 1. The first-order valence-electron chi connectivity index (χ1n) is 11.5. The van der Waals surface area contributed by atoms with E-state index in [0.29, 0.717) is 23.7 Å². The summed E-state index contributed by atoms with van der Waals surface area (Å²) in [6.45, 7) is 2.39. The number of halogens is 3. The largest absolute Gasteiger partial charge is 0.416 e. The summed E-state index contributed by atoms with van der Waals surface area (Å²) in [5.41, 5.74) is 1.51. The van der Waals surface area contributed by atoms with Crippen LogP contribution >= 0.6 is 0 Å². The monoisotopic (exact) mass is 443 g/mol. The summed E-state index contributed by atoms with van der Waals surface area (Å²) >= 11 is 0. The molecule has 2 aliphatic heterocycles. The number of alkyl halides is 3. The maximum absolute atomic E-state index is 13.4. The number of benzene rings is 2. The van der Waals surface area contributed by atoms with Crippen LogP contribution in [-0.4, -0.2) is 42.5 Å². The van der Waals surface area contributed by atoms with Crippen molar-refractivity contribution in [3.63, 3.8) is 0 Å². The average Bonchev–Trinajstić information content (AvgIpc) is 3.33. The topological polar surface area (TPSA) is 35.6 Å². The molecule has 5 rings (SSSR count). The summed E-state index contributed by atoms with van der Waals surface area (Å²) in [5.74, 6) is -0.530. The third-order valence-electron chi connectivity index (χ3n) is 7.29. The fourth-order valence-electron chi connectivity index (χ4n) is 5.68. The molecule has 2 atom stereocenters. The minimum absolute atomic E-state index is 0.0442. The van der Waals surface area contributed by atoms with Crippen molar-refractivity contribution in [2.75, 3.05) is 29.9 Å². The van der Waals surface area contributed by atoms with Crippen LogP contribution in [0.1, 0.15) is 36.8 Å². The molecule has 1 saturated carbocycles. The lowest BCUT2D eigenvalue weighted by molar-refractivity contribution is -0.137. The quantitative estimate of drug-likeness (QED) is 0.729. The molecule has 2 fully saturated rings. The van der Waals surface area contributed by atoms with E-state index in [1.807, 2.05) is 30.3 Å². The highest BCUT2D eigenvalue weighted by atomic mass is 19.4. The van der Waals surface area contributed by atoms with Gasteiger partial charge in [-0.2, -0.15) is 13.2 Å². The number of fused-ring (bicyclic) bond motifs is 3. The number of carbonyl (C=O) groups excluding carboxylic acids is 1. The van der Waals surface area contributed by atoms with Crippen LogP contribution in [0.25, 0.3) is 0 Å². The van der Waals surface area contributed by atoms with Crippen LogP contribution < -0.4 is 10.2 Å². The van der Waals surface area contributed by atoms with Gasteiger partial charge in [-0.1, -0.05) is 31.0 Å². The molecule has 0 spiro atoms. The summed E-state index contributed by atoms with van der Waals surface area (Å²) in [4.78, 5) is 18.0. The predicted molar refractivity (Wildman–Crippen MR) is 119 cm³/mol. The van der Waals surface area contributed by atoms with Crippen LogP contribution in [-0.2, 0) is 17.4 Å². The number of nitrogens with zero attached hydrogens (tertiary/aromatic N) is 2. The van der Waals surface area contributed by atoms with E-state index in [0.717, 1.165) is 25.3 Å². The zero-order valence-electron chi connectivity index (χ0n) is 17.9. The first-order chi connectivity index (χ1) is 15.4. The molecule has 2 aromatic carbocycles.